The maximum Gasteiger partial charge on any atom is 0.175 e. The summed E-state index contributed by atoms with van der Waals surface area (Å²) in [7, 11) is 1.64. The van der Waals surface area contributed by atoms with Crippen molar-refractivity contribution >= 4 is 11.0 Å². The van der Waals surface area contributed by atoms with E-state index in [-0.39, 0.29) is 0 Å². The number of benzene rings is 1. The second kappa shape index (κ2) is 3.58. The third-order valence-electron chi connectivity index (χ3n) is 2.23. The number of furan rings is 1. The quantitative estimate of drug-likeness (QED) is 0.690. The summed E-state index contributed by atoms with van der Waals surface area (Å²) in [5.74, 6) is 0.776. The lowest BCUT2D eigenvalue weighted by Gasteiger charge is -1.99. The minimum atomic E-state index is 0.776. The first-order chi connectivity index (χ1) is 6.86. The number of para-hydroxylation sites is 1. The van der Waals surface area contributed by atoms with Gasteiger partial charge in [-0.25, -0.2) is 0 Å². The van der Waals surface area contributed by atoms with E-state index >= 15 is 0 Å². The second-order valence-electron chi connectivity index (χ2n) is 3.09. The minimum absolute atomic E-state index is 0.776. The Morgan fingerprint density at radius 3 is 3.07 bits per heavy atom. The third kappa shape index (κ3) is 1.29. The van der Waals surface area contributed by atoms with Crippen molar-refractivity contribution < 1.29 is 9.15 Å². The third-order valence-corrected chi connectivity index (χ3v) is 2.23. The molecule has 0 radical (unpaired) electrons. The molecule has 2 aromatic rings. The predicted octanol–water partition coefficient (Wildman–Crippen LogP) is 3.17. The molecule has 0 fully saturated rings. The zero-order valence-corrected chi connectivity index (χ0v) is 8.12. The molecule has 0 aliphatic heterocycles. The van der Waals surface area contributed by atoms with E-state index in [1.807, 2.05) is 24.3 Å². The van der Waals surface area contributed by atoms with Gasteiger partial charge in [-0.2, -0.15) is 0 Å². The van der Waals surface area contributed by atoms with Crippen LogP contribution < -0.4 is 4.74 Å². The first kappa shape index (κ1) is 8.88. The van der Waals surface area contributed by atoms with E-state index in [9.17, 15) is 0 Å². The van der Waals surface area contributed by atoms with Crippen molar-refractivity contribution in [3.8, 4) is 5.75 Å². The molecule has 0 saturated carbocycles. The van der Waals surface area contributed by atoms with Crippen LogP contribution in [0.5, 0.6) is 5.75 Å². The van der Waals surface area contributed by atoms with E-state index < -0.39 is 0 Å². The van der Waals surface area contributed by atoms with E-state index in [0.717, 1.165) is 28.7 Å². The monoisotopic (exact) mass is 188 g/mol. The molecule has 1 aromatic carbocycles. The van der Waals surface area contributed by atoms with Crippen molar-refractivity contribution in [2.45, 2.75) is 6.42 Å². The Kier molecular flexibility index (Phi) is 2.27. The summed E-state index contributed by atoms with van der Waals surface area (Å²) in [5, 5.41) is 1.10. The van der Waals surface area contributed by atoms with Gasteiger partial charge in [0.2, 0.25) is 0 Å². The van der Waals surface area contributed by atoms with Gasteiger partial charge in [0.25, 0.3) is 0 Å². The van der Waals surface area contributed by atoms with E-state index in [2.05, 4.69) is 6.58 Å². The molecule has 0 aliphatic rings. The lowest BCUT2D eigenvalue weighted by molar-refractivity contribution is 0.410. The fourth-order valence-corrected chi connectivity index (χ4v) is 1.56. The summed E-state index contributed by atoms with van der Waals surface area (Å²) in [6.45, 7) is 3.71. The second-order valence-corrected chi connectivity index (χ2v) is 3.09. The molecule has 1 heterocycles. The van der Waals surface area contributed by atoms with Crippen molar-refractivity contribution in [2.24, 2.45) is 0 Å². The summed E-state index contributed by atoms with van der Waals surface area (Å²) in [6.07, 6.45) is 4.44. The molecule has 0 bridgehead atoms. The number of hydrogen-bond acceptors (Lipinski definition) is 2. The molecule has 2 nitrogen and oxygen atoms in total. The molecule has 0 N–H and O–H groups in total. The van der Waals surface area contributed by atoms with Crippen LogP contribution in [0, 0.1) is 0 Å². The summed E-state index contributed by atoms with van der Waals surface area (Å²) in [6, 6.07) is 5.88. The number of allylic oxidation sites excluding steroid dienone is 1. The first-order valence-corrected chi connectivity index (χ1v) is 4.50. The fourth-order valence-electron chi connectivity index (χ4n) is 1.56. The number of fused-ring (bicyclic) bond motifs is 1. The van der Waals surface area contributed by atoms with Crippen molar-refractivity contribution in [3.63, 3.8) is 0 Å². The van der Waals surface area contributed by atoms with Gasteiger partial charge in [0, 0.05) is 10.9 Å². The van der Waals surface area contributed by atoms with Gasteiger partial charge in [-0.3, -0.25) is 0 Å². The van der Waals surface area contributed by atoms with Gasteiger partial charge in [0.15, 0.2) is 11.3 Å². The molecule has 2 rings (SSSR count). The van der Waals surface area contributed by atoms with Crippen molar-refractivity contribution in [3.05, 3.63) is 42.7 Å². The molecule has 0 unspecified atom stereocenters. The SMILES string of the molecule is C=CCc1coc2c(OC)cccc12. The maximum atomic E-state index is 5.45. The molecule has 0 spiro atoms. The summed E-state index contributed by atoms with van der Waals surface area (Å²) in [5.41, 5.74) is 1.96. The highest BCUT2D eigenvalue weighted by atomic mass is 16.5. The molecule has 0 amide bonds. The highest BCUT2D eigenvalue weighted by molar-refractivity contribution is 5.86. The Morgan fingerprint density at radius 1 is 1.50 bits per heavy atom. The average Bonchev–Trinajstić information content (AvgIpc) is 2.62. The highest BCUT2D eigenvalue weighted by Crippen LogP contribution is 2.29. The van der Waals surface area contributed by atoms with Crippen molar-refractivity contribution in [2.75, 3.05) is 7.11 Å². The Balaban J connectivity index is 2.63. The number of methoxy groups -OCH3 is 1. The van der Waals surface area contributed by atoms with Crippen LogP contribution in [-0.2, 0) is 6.42 Å². The van der Waals surface area contributed by atoms with Crippen LogP contribution in [-0.4, -0.2) is 7.11 Å². The molecule has 14 heavy (non-hydrogen) atoms. The van der Waals surface area contributed by atoms with Crippen LogP contribution in [0.15, 0.2) is 41.5 Å². The normalized spacial score (nSPS) is 10.4. The maximum absolute atomic E-state index is 5.45. The summed E-state index contributed by atoms with van der Waals surface area (Å²) < 4.78 is 10.7. The summed E-state index contributed by atoms with van der Waals surface area (Å²) >= 11 is 0. The average molecular weight is 188 g/mol. The number of ether oxygens (including phenoxy) is 1. The topological polar surface area (TPSA) is 22.4 Å². The molecular weight excluding hydrogens is 176 g/mol. The zero-order chi connectivity index (χ0) is 9.97. The van der Waals surface area contributed by atoms with E-state index in [1.165, 1.54) is 0 Å². The lowest BCUT2D eigenvalue weighted by atomic mass is 10.1. The Labute approximate surface area is 82.8 Å². The van der Waals surface area contributed by atoms with Crippen molar-refractivity contribution in [1.82, 2.24) is 0 Å². The smallest absolute Gasteiger partial charge is 0.175 e. The fraction of sp³-hybridized carbons (Fsp3) is 0.167. The standard InChI is InChI=1S/C12H12O2/c1-3-5-9-8-14-12-10(9)6-4-7-11(12)13-2/h3-4,6-8H,1,5H2,2H3. The molecule has 0 aliphatic carbocycles. The van der Waals surface area contributed by atoms with Crippen LogP contribution in [0.25, 0.3) is 11.0 Å². The van der Waals surface area contributed by atoms with Gasteiger partial charge >= 0.3 is 0 Å². The van der Waals surface area contributed by atoms with Gasteiger partial charge in [0.05, 0.1) is 13.4 Å². The Bertz CT molecular complexity index is 454. The molecule has 0 saturated heterocycles. The number of hydrogen-bond donors (Lipinski definition) is 0. The van der Waals surface area contributed by atoms with Gasteiger partial charge < -0.3 is 9.15 Å². The molecular formula is C12H12O2. The molecule has 0 atom stereocenters. The highest BCUT2D eigenvalue weighted by Gasteiger charge is 2.08. The van der Waals surface area contributed by atoms with Crippen LogP contribution in [0.1, 0.15) is 5.56 Å². The van der Waals surface area contributed by atoms with Gasteiger partial charge in [0.1, 0.15) is 0 Å². The van der Waals surface area contributed by atoms with E-state index in [1.54, 1.807) is 13.4 Å². The molecule has 2 heteroatoms. The predicted molar refractivity (Wildman–Crippen MR) is 56.7 cm³/mol. The van der Waals surface area contributed by atoms with Crippen LogP contribution >= 0.6 is 0 Å². The van der Waals surface area contributed by atoms with Crippen molar-refractivity contribution in [1.29, 1.82) is 0 Å². The van der Waals surface area contributed by atoms with Gasteiger partial charge in [-0.05, 0) is 12.5 Å². The van der Waals surface area contributed by atoms with Gasteiger partial charge in [-0.1, -0.05) is 18.2 Å². The zero-order valence-electron chi connectivity index (χ0n) is 8.12. The largest absolute Gasteiger partial charge is 0.493 e. The van der Waals surface area contributed by atoms with Crippen LogP contribution in [0.2, 0.25) is 0 Å². The Morgan fingerprint density at radius 2 is 2.36 bits per heavy atom. The summed E-state index contributed by atoms with van der Waals surface area (Å²) in [4.78, 5) is 0. The lowest BCUT2D eigenvalue weighted by Crippen LogP contribution is -1.82. The minimum Gasteiger partial charge on any atom is -0.493 e. The van der Waals surface area contributed by atoms with Crippen LogP contribution in [0.4, 0.5) is 0 Å². The molecule has 72 valence electrons. The Hall–Kier alpha value is -1.70. The number of rotatable bonds is 3. The van der Waals surface area contributed by atoms with Gasteiger partial charge in [-0.15, -0.1) is 6.58 Å². The van der Waals surface area contributed by atoms with E-state index in [4.69, 9.17) is 9.15 Å². The first-order valence-electron chi connectivity index (χ1n) is 4.50. The van der Waals surface area contributed by atoms with Crippen LogP contribution in [0.3, 0.4) is 0 Å². The van der Waals surface area contributed by atoms with E-state index in [0.29, 0.717) is 0 Å². The molecule has 1 aromatic heterocycles.